The molecule has 0 aromatic rings. The second kappa shape index (κ2) is 5.00. The molecule has 1 unspecified atom stereocenters. The zero-order valence-corrected chi connectivity index (χ0v) is 10.6. The van der Waals surface area contributed by atoms with Gasteiger partial charge in [0, 0.05) is 19.6 Å². The Morgan fingerprint density at radius 3 is 2.50 bits per heavy atom. The van der Waals surface area contributed by atoms with Gasteiger partial charge in [-0.15, -0.1) is 0 Å². The topological polar surface area (TPSA) is 38.7 Å². The maximum Gasteiger partial charge on any atom is 0.0628 e. The second-order valence-corrected chi connectivity index (χ2v) is 5.59. The quantitative estimate of drug-likeness (QED) is 0.670. The maximum atomic E-state index is 9.73. The van der Waals surface area contributed by atoms with Crippen LogP contribution < -0.4 is 5.32 Å². The van der Waals surface area contributed by atoms with Crippen molar-refractivity contribution in [2.24, 2.45) is 5.92 Å². The van der Waals surface area contributed by atoms with Gasteiger partial charge in [0.1, 0.15) is 0 Å². The van der Waals surface area contributed by atoms with Crippen LogP contribution in [0.3, 0.4) is 0 Å². The number of nitrogens with one attached hydrogen (secondary N) is 1. The first kappa shape index (κ1) is 12.3. The molecular weight excluding hydrogens is 202 g/mol. The molecule has 3 fully saturated rings. The first-order chi connectivity index (χ1) is 7.66. The summed E-state index contributed by atoms with van der Waals surface area (Å²) in [5.41, 5.74) is -0.0213. The first-order valence-corrected chi connectivity index (χ1v) is 6.39. The fourth-order valence-corrected chi connectivity index (χ4v) is 3.14. The van der Waals surface area contributed by atoms with Gasteiger partial charge in [-0.2, -0.15) is 0 Å². The van der Waals surface area contributed by atoms with Gasteiger partial charge in [-0.25, -0.2) is 0 Å². The molecule has 4 nitrogen and oxygen atoms in total. The molecule has 3 aliphatic rings. The number of rotatable bonds is 5. The van der Waals surface area contributed by atoms with Crippen molar-refractivity contribution < 1.29 is 5.11 Å². The van der Waals surface area contributed by atoms with Crippen LogP contribution in [-0.4, -0.2) is 73.9 Å². The number of hydrogen-bond donors (Lipinski definition) is 2. The van der Waals surface area contributed by atoms with Gasteiger partial charge in [0.2, 0.25) is 0 Å². The van der Waals surface area contributed by atoms with Gasteiger partial charge in [0.15, 0.2) is 0 Å². The minimum Gasteiger partial charge on any atom is -0.394 e. The van der Waals surface area contributed by atoms with Gasteiger partial charge < -0.3 is 20.2 Å². The molecule has 16 heavy (non-hydrogen) atoms. The standard InChI is InChI=1S/C12H25N3O/c1-14(2)8-5-13-12(10-16)9-15-6-3-11(12)4-7-15/h11,13,16H,3-10H2,1-2H3. The highest BCUT2D eigenvalue weighted by molar-refractivity contribution is 5.03. The zero-order chi connectivity index (χ0) is 11.6. The Bertz CT molecular complexity index is 226. The molecule has 0 radical (unpaired) electrons. The molecule has 0 amide bonds. The van der Waals surface area contributed by atoms with Crippen molar-refractivity contribution in [2.45, 2.75) is 18.4 Å². The van der Waals surface area contributed by atoms with E-state index in [9.17, 15) is 5.11 Å². The van der Waals surface area contributed by atoms with Gasteiger partial charge in [-0.05, 0) is 45.9 Å². The van der Waals surface area contributed by atoms with Crippen molar-refractivity contribution in [1.82, 2.24) is 15.1 Å². The summed E-state index contributed by atoms with van der Waals surface area (Å²) in [6, 6.07) is 0. The molecule has 2 bridgehead atoms. The molecule has 3 aliphatic heterocycles. The lowest BCUT2D eigenvalue weighted by atomic mass is 9.73. The Kier molecular flexibility index (Phi) is 3.85. The zero-order valence-electron chi connectivity index (χ0n) is 10.6. The fourth-order valence-electron chi connectivity index (χ4n) is 3.14. The molecule has 94 valence electrons. The number of fused-ring (bicyclic) bond motifs is 3. The molecule has 1 atom stereocenters. The average Bonchev–Trinajstić information content (AvgIpc) is 2.30. The van der Waals surface area contributed by atoms with Crippen LogP contribution >= 0.6 is 0 Å². The first-order valence-electron chi connectivity index (χ1n) is 6.39. The number of aliphatic hydroxyl groups is 1. The van der Waals surface area contributed by atoms with E-state index in [4.69, 9.17) is 0 Å². The Morgan fingerprint density at radius 1 is 1.38 bits per heavy atom. The molecule has 3 rings (SSSR count). The van der Waals surface area contributed by atoms with Crippen LogP contribution in [0.25, 0.3) is 0 Å². The lowest BCUT2D eigenvalue weighted by molar-refractivity contribution is -0.0255. The third kappa shape index (κ3) is 2.40. The molecule has 4 heteroatoms. The van der Waals surface area contributed by atoms with E-state index < -0.39 is 0 Å². The summed E-state index contributed by atoms with van der Waals surface area (Å²) >= 11 is 0. The summed E-state index contributed by atoms with van der Waals surface area (Å²) < 4.78 is 0. The van der Waals surface area contributed by atoms with Crippen molar-refractivity contribution >= 4 is 0 Å². The van der Waals surface area contributed by atoms with Gasteiger partial charge in [0.25, 0.3) is 0 Å². The van der Waals surface area contributed by atoms with E-state index in [1.807, 2.05) is 0 Å². The monoisotopic (exact) mass is 227 g/mol. The minimum atomic E-state index is -0.0213. The molecule has 0 aliphatic carbocycles. The summed E-state index contributed by atoms with van der Waals surface area (Å²) in [4.78, 5) is 4.67. The van der Waals surface area contributed by atoms with Crippen LogP contribution in [0, 0.1) is 5.92 Å². The summed E-state index contributed by atoms with van der Waals surface area (Å²) in [6.07, 6.45) is 2.49. The lowest BCUT2D eigenvalue weighted by Crippen LogP contribution is -2.68. The van der Waals surface area contributed by atoms with Crippen molar-refractivity contribution in [2.75, 3.05) is 53.4 Å². The van der Waals surface area contributed by atoms with E-state index in [2.05, 4.69) is 29.2 Å². The third-order valence-corrected chi connectivity index (χ3v) is 4.19. The van der Waals surface area contributed by atoms with E-state index in [-0.39, 0.29) is 12.1 Å². The van der Waals surface area contributed by atoms with Crippen LogP contribution in [-0.2, 0) is 0 Å². The molecule has 0 aromatic heterocycles. The summed E-state index contributed by atoms with van der Waals surface area (Å²) in [7, 11) is 4.17. The van der Waals surface area contributed by atoms with Crippen molar-refractivity contribution in [3.8, 4) is 0 Å². The number of hydrogen-bond acceptors (Lipinski definition) is 4. The molecular formula is C12H25N3O. The average molecular weight is 227 g/mol. The minimum absolute atomic E-state index is 0.0213. The normalized spacial score (nSPS) is 38.2. The largest absolute Gasteiger partial charge is 0.394 e. The van der Waals surface area contributed by atoms with E-state index in [1.165, 1.54) is 25.9 Å². The molecule has 0 spiro atoms. The summed E-state index contributed by atoms with van der Waals surface area (Å²) in [6.45, 7) is 5.76. The lowest BCUT2D eigenvalue weighted by Gasteiger charge is -2.53. The Hall–Kier alpha value is -0.160. The van der Waals surface area contributed by atoms with Crippen molar-refractivity contribution in [1.29, 1.82) is 0 Å². The molecule has 3 heterocycles. The maximum absolute atomic E-state index is 9.73. The highest BCUT2D eigenvalue weighted by atomic mass is 16.3. The number of nitrogens with zero attached hydrogens (tertiary/aromatic N) is 2. The highest BCUT2D eigenvalue weighted by Crippen LogP contribution is 2.35. The summed E-state index contributed by atoms with van der Waals surface area (Å²) in [5, 5.41) is 13.3. The Morgan fingerprint density at radius 2 is 2.06 bits per heavy atom. The van der Waals surface area contributed by atoms with E-state index in [0.29, 0.717) is 5.92 Å². The van der Waals surface area contributed by atoms with E-state index in [0.717, 1.165) is 19.6 Å². The number of aliphatic hydroxyl groups excluding tert-OH is 1. The van der Waals surface area contributed by atoms with Crippen LogP contribution in [0.5, 0.6) is 0 Å². The van der Waals surface area contributed by atoms with E-state index >= 15 is 0 Å². The van der Waals surface area contributed by atoms with Gasteiger partial charge in [-0.1, -0.05) is 0 Å². The van der Waals surface area contributed by atoms with Crippen LogP contribution in [0.4, 0.5) is 0 Å². The fraction of sp³-hybridized carbons (Fsp3) is 1.00. The predicted molar refractivity (Wildman–Crippen MR) is 65.5 cm³/mol. The second-order valence-electron chi connectivity index (χ2n) is 5.59. The van der Waals surface area contributed by atoms with Gasteiger partial charge in [-0.3, -0.25) is 0 Å². The number of piperidine rings is 3. The van der Waals surface area contributed by atoms with Gasteiger partial charge in [0.05, 0.1) is 12.1 Å². The molecule has 2 N–H and O–H groups in total. The van der Waals surface area contributed by atoms with Crippen molar-refractivity contribution in [3.63, 3.8) is 0 Å². The highest BCUT2D eigenvalue weighted by Gasteiger charge is 2.45. The summed E-state index contributed by atoms with van der Waals surface area (Å²) in [5.74, 6) is 0.671. The number of likely N-dealkylation sites (N-methyl/N-ethyl adjacent to an activating group) is 1. The van der Waals surface area contributed by atoms with Crippen LogP contribution in [0.15, 0.2) is 0 Å². The molecule has 0 saturated carbocycles. The predicted octanol–water partition coefficient (Wildman–Crippen LogP) is -0.406. The third-order valence-electron chi connectivity index (χ3n) is 4.19. The smallest absolute Gasteiger partial charge is 0.0628 e. The van der Waals surface area contributed by atoms with Crippen LogP contribution in [0.1, 0.15) is 12.8 Å². The Labute approximate surface area is 98.6 Å². The van der Waals surface area contributed by atoms with Crippen LogP contribution in [0.2, 0.25) is 0 Å². The van der Waals surface area contributed by atoms with E-state index in [1.54, 1.807) is 0 Å². The molecule has 3 saturated heterocycles. The van der Waals surface area contributed by atoms with Gasteiger partial charge >= 0.3 is 0 Å². The SMILES string of the molecule is CN(C)CCNC1(CO)CN2CCC1CC2. The molecule has 0 aromatic carbocycles. The van der Waals surface area contributed by atoms with Crippen molar-refractivity contribution in [3.05, 3.63) is 0 Å². The Balaban J connectivity index is 1.91.